The third-order valence-corrected chi connectivity index (χ3v) is 8.47. The summed E-state index contributed by atoms with van der Waals surface area (Å²) in [6, 6.07) is 0. The predicted molar refractivity (Wildman–Crippen MR) is 90.1 cm³/mol. The summed E-state index contributed by atoms with van der Waals surface area (Å²) < 4.78 is 0. The summed E-state index contributed by atoms with van der Waals surface area (Å²) in [5.74, 6) is 3.04. The van der Waals surface area contributed by atoms with Crippen LogP contribution in [0.3, 0.4) is 0 Å². The first kappa shape index (κ1) is 14.3. The zero-order valence-electron chi connectivity index (χ0n) is 14.7. The summed E-state index contributed by atoms with van der Waals surface area (Å²) >= 11 is 0. The molecule has 0 N–H and O–H groups in total. The average molecular weight is 287 g/mol. The maximum absolute atomic E-state index is 2.73. The van der Waals surface area contributed by atoms with E-state index < -0.39 is 0 Å². The van der Waals surface area contributed by atoms with Gasteiger partial charge in [-0.25, -0.2) is 0 Å². The van der Waals surface area contributed by atoms with Crippen LogP contribution in [0.25, 0.3) is 0 Å². The maximum atomic E-state index is 2.73. The first-order valence-electron chi connectivity index (χ1n) is 9.58. The molecule has 0 aromatic carbocycles. The highest BCUT2D eigenvalue weighted by molar-refractivity contribution is 5.29. The fourth-order valence-corrected chi connectivity index (χ4v) is 7.49. The van der Waals surface area contributed by atoms with Crippen LogP contribution in [0.5, 0.6) is 0 Å². The van der Waals surface area contributed by atoms with Gasteiger partial charge in [0.15, 0.2) is 0 Å². The van der Waals surface area contributed by atoms with Crippen molar-refractivity contribution in [2.75, 3.05) is 0 Å². The van der Waals surface area contributed by atoms with Crippen LogP contribution < -0.4 is 0 Å². The van der Waals surface area contributed by atoms with Crippen LogP contribution in [0.4, 0.5) is 0 Å². The van der Waals surface area contributed by atoms with Crippen molar-refractivity contribution in [1.29, 1.82) is 0 Å². The van der Waals surface area contributed by atoms with Crippen molar-refractivity contribution in [3.63, 3.8) is 0 Å². The molecule has 0 radical (unpaired) electrons. The molecule has 4 aliphatic carbocycles. The minimum atomic E-state index is 0.467. The topological polar surface area (TPSA) is 0 Å². The number of rotatable bonds is 0. The molecule has 0 bridgehead atoms. The first-order chi connectivity index (χ1) is 9.87. The van der Waals surface area contributed by atoms with Crippen molar-refractivity contribution in [3.8, 4) is 0 Å². The summed E-state index contributed by atoms with van der Waals surface area (Å²) in [6.45, 7) is 10.3. The molecule has 0 saturated heterocycles. The number of hydrogen-bond donors (Lipinski definition) is 0. The van der Waals surface area contributed by atoms with Gasteiger partial charge in [0.1, 0.15) is 0 Å². The smallest absolute Gasteiger partial charge is 0.00799 e. The Morgan fingerprint density at radius 3 is 2.48 bits per heavy atom. The fourth-order valence-electron chi connectivity index (χ4n) is 7.49. The lowest BCUT2D eigenvalue weighted by molar-refractivity contribution is -0.0362. The lowest BCUT2D eigenvalue weighted by Gasteiger charge is -2.59. The molecule has 4 rings (SSSR count). The van der Waals surface area contributed by atoms with Gasteiger partial charge < -0.3 is 0 Å². The van der Waals surface area contributed by atoms with Gasteiger partial charge in [0.2, 0.25) is 0 Å². The van der Waals surface area contributed by atoms with E-state index in [1.807, 2.05) is 5.57 Å². The fraction of sp³-hybridized carbons (Fsp3) is 0.905. The van der Waals surface area contributed by atoms with Crippen molar-refractivity contribution in [2.24, 2.45) is 34.0 Å². The third kappa shape index (κ3) is 1.86. The normalized spacial score (nSPS) is 51.6. The molecule has 5 atom stereocenters. The van der Waals surface area contributed by atoms with Crippen LogP contribution >= 0.6 is 0 Å². The molecule has 118 valence electrons. The molecule has 21 heavy (non-hydrogen) atoms. The standard InChI is InChI=1S/C21H34/c1-19(2)11-6-13-21(4)17-10-14-20(3)12-5-7-16(20)15(17)8-9-18(19)21/h9,15-17H,5-8,10-14H2,1-4H3/t15-,16-,17-,20+,21-/m1/s1. The zero-order valence-corrected chi connectivity index (χ0v) is 14.7. The minimum Gasteiger partial charge on any atom is -0.0839 e. The first-order valence-corrected chi connectivity index (χ1v) is 9.58. The van der Waals surface area contributed by atoms with Crippen molar-refractivity contribution in [1.82, 2.24) is 0 Å². The van der Waals surface area contributed by atoms with Crippen LogP contribution in [0.15, 0.2) is 11.6 Å². The molecule has 0 nitrogen and oxygen atoms in total. The number of allylic oxidation sites excluding steroid dienone is 2. The Labute approximate surface area is 131 Å². The summed E-state index contributed by atoms with van der Waals surface area (Å²) in [7, 11) is 0. The van der Waals surface area contributed by atoms with Crippen molar-refractivity contribution in [3.05, 3.63) is 11.6 Å². The van der Waals surface area contributed by atoms with E-state index in [2.05, 4.69) is 33.8 Å². The van der Waals surface area contributed by atoms with E-state index in [4.69, 9.17) is 0 Å². The Morgan fingerprint density at radius 1 is 0.857 bits per heavy atom. The molecular formula is C21H34. The maximum Gasteiger partial charge on any atom is -0.00799 e. The predicted octanol–water partition coefficient (Wildman–Crippen LogP) is 6.37. The SMILES string of the molecule is CC1(C)CCC[C@@]2(C)C1=CC[C@@H]1[C@H]3CCC[C@@]3(C)CC[C@H]12. The molecule has 0 aromatic heterocycles. The molecule has 0 aromatic rings. The summed E-state index contributed by atoms with van der Waals surface area (Å²) in [5, 5.41) is 0. The molecule has 3 saturated carbocycles. The second-order valence-electron chi connectivity index (χ2n) is 9.97. The average Bonchev–Trinajstić information content (AvgIpc) is 2.79. The van der Waals surface area contributed by atoms with Gasteiger partial charge >= 0.3 is 0 Å². The van der Waals surface area contributed by atoms with Gasteiger partial charge in [0, 0.05) is 0 Å². The van der Waals surface area contributed by atoms with E-state index in [1.165, 1.54) is 57.8 Å². The molecule has 0 heterocycles. The van der Waals surface area contributed by atoms with Gasteiger partial charge in [-0.05, 0) is 78.9 Å². The number of fused-ring (bicyclic) bond motifs is 5. The molecule has 0 amide bonds. The quantitative estimate of drug-likeness (QED) is 0.454. The number of hydrogen-bond acceptors (Lipinski definition) is 0. The van der Waals surface area contributed by atoms with E-state index in [-0.39, 0.29) is 0 Å². The molecule has 4 aliphatic rings. The second kappa shape index (κ2) is 4.39. The highest BCUT2D eigenvalue weighted by Gasteiger charge is 2.57. The largest absolute Gasteiger partial charge is 0.0839 e. The third-order valence-electron chi connectivity index (χ3n) is 8.47. The van der Waals surface area contributed by atoms with Crippen molar-refractivity contribution >= 4 is 0 Å². The Balaban J connectivity index is 1.73. The van der Waals surface area contributed by atoms with Crippen molar-refractivity contribution in [2.45, 2.75) is 85.5 Å². The van der Waals surface area contributed by atoms with E-state index >= 15 is 0 Å². The Morgan fingerprint density at radius 2 is 1.67 bits per heavy atom. The van der Waals surface area contributed by atoms with E-state index in [9.17, 15) is 0 Å². The molecular weight excluding hydrogens is 252 g/mol. The Hall–Kier alpha value is -0.260. The van der Waals surface area contributed by atoms with Crippen molar-refractivity contribution < 1.29 is 0 Å². The van der Waals surface area contributed by atoms with Crippen LogP contribution in [0.1, 0.15) is 85.5 Å². The molecule has 0 spiro atoms. The zero-order chi connectivity index (χ0) is 14.9. The van der Waals surface area contributed by atoms with E-state index in [1.54, 1.807) is 0 Å². The van der Waals surface area contributed by atoms with Gasteiger partial charge in [-0.15, -0.1) is 0 Å². The van der Waals surface area contributed by atoms with E-state index in [0.29, 0.717) is 16.2 Å². The van der Waals surface area contributed by atoms with Crippen LogP contribution in [0, 0.1) is 34.0 Å². The van der Waals surface area contributed by atoms with Gasteiger partial charge in [-0.1, -0.05) is 52.2 Å². The highest BCUT2D eigenvalue weighted by atomic mass is 14.6. The molecule has 0 aliphatic heterocycles. The lowest BCUT2D eigenvalue weighted by atomic mass is 9.45. The van der Waals surface area contributed by atoms with Gasteiger partial charge in [0.05, 0.1) is 0 Å². The van der Waals surface area contributed by atoms with Crippen LogP contribution in [0.2, 0.25) is 0 Å². The molecule has 0 heteroatoms. The van der Waals surface area contributed by atoms with E-state index in [0.717, 1.165) is 17.8 Å². The monoisotopic (exact) mass is 286 g/mol. The molecule has 0 unspecified atom stereocenters. The lowest BCUT2D eigenvalue weighted by Crippen LogP contribution is -2.50. The minimum absolute atomic E-state index is 0.467. The highest BCUT2D eigenvalue weighted by Crippen LogP contribution is 2.66. The van der Waals surface area contributed by atoms with Gasteiger partial charge in [-0.2, -0.15) is 0 Å². The van der Waals surface area contributed by atoms with Crippen LogP contribution in [-0.2, 0) is 0 Å². The summed E-state index contributed by atoms with van der Waals surface area (Å²) in [6.07, 6.45) is 16.0. The summed E-state index contributed by atoms with van der Waals surface area (Å²) in [5.41, 5.74) is 3.56. The second-order valence-corrected chi connectivity index (χ2v) is 9.97. The Bertz CT molecular complexity index is 470. The van der Waals surface area contributed by atoms with Gasteiger partial charge in [0.25, 0.3) is 0 Å². The molecule has 3 fully saturated rings. The van der Waals surface area contributed by atoms with Crippen LogP contribution in [-0.4, -0.2) is 0 Å². The Kier molecular flexibility index (Phi) is 3.00. The summed E-state index contributed by atoms with van der Waals surface area (Å²) in [4.78, 5) is 0. The van der Waals surface area contributed by atoms with Gasteiger partial charge in [-0.3, -0.25) is 0 Å².